The molecular formula is C32H42F2O2. The maximum atomic E-state index is 14.1. The summed E-state index contributed by atoms with van der Waals surface area (Å²) >= 11 is 0. The van der Waals surface area contributed by atoms with Gasteiger partial charge in [0.15, 0.2) is 11.5 Å². The van der Waals surface area contributed by atoms with Gasteiger partial charge in [0.05, 0.1) is 13.2 Å². The number of hydrogen-bond acceptors (Lipinski definition) is 2. The first kappa shape index (κ1) is 26.7. The van der Waals surface area contributed by atoms with E-state index in [-0.39, 0.29) is 18.1 Å². The molecule has 0 aromatic heterocycles. The van der Waals surface area contributed by atoms with Gasteiger partial charge in [-0.05, 0) is 86.5 Å². The Morgan fingerprint density at radius 1 is 0.778 bits per heavy atom. The molecule has 2 atom stereocenters. The van der Waals surface area contributed by atoms with Crippen molar-refractivity contribution in [2.45, 2.75) is 84.0 Å². The Bertz CT molecular complexity index is 976. The van der Waals surface area contributed by atoms with Crippen molar-refractivity contribution in [2.24, 2.45) is 17.8 Å². The Labute approximate surface area is 216 Å². The SMILES string of the molecule is CCCC1CCC(C2C=CC(c3ccc(CCCOc4ccc(OCC)c(F)c4F)cc3)CC2)CC1. The van der Waals surface area contributed by atoms with Gasteiger partial charge in [0, 0.05) is 5.92 Å². The van der Waals surface area contributed by atoms with Gasteiger partial charge in [-0.25, -0.2) is 0 Å². The average Bonchev–Trinajstić information content (AvgIpc) is 2.91. The number of aryl methyl sites for hydroxylation is 1. The quantitative estimate of drug-likeness (QED) is 0.228. The van der Waals surface area contributed by atoms with E-state index in [1.807, 2.05) is 0 Å². The van der Waals surface area contributed by atoms with Crippen LogP contribution in [0.4, 0.5) is 8.78 Å². The monoisotopic (exact) mass is 496 g/mol. The van der Waals surface area contributed by atoms with Crippen LogP contribution in [-0.4, -0.2) is 13.2 Å². The predicted molar refractivity (Wildman–Crippen MR) is 143 cm³/mol. The molecule has 196 valence electrons. The first-order chi connectivity index (χ1) is 17.6. The van der Waals surface area contributed by atoms with Crippen LogP contribution in [-0.2, 0) is 6.42 Å². The first-order valence-electron chi connectivity index (χ1n) is 14.1. The van der Waals surface area contributed by atoms with E-state index in [4.69, 9.17) is 9.47 Å². The molecule has 2 aromatic carbocycles. The zero-order chi connectivity index (χ0) is 25.3. The minimum atomic E-state index is -0.993. The molecule has 0 saturated heterocycles. The van der Waals surface area contributed by atoms with E-state index in [1.165, 1.54) is 74.6 Å². The fourth-order valence-electron chi connectivity index (χ4n) is 6.11. The van der Waals surface area contributed by atoms with Crippen LogP contribution in [0.25, 0.3) is 0 Å². The van der Waals surface area contributed by atoms with Crippen molar-refractivity contribution in [3.8, 4) is 11.5 Å². The summed E-state index contributed by atoms with van der Waals surface area (Å²) in [7, 11) is 0. The van der Waals surface area contributed by atoms with Crippen LogP contribution < -0.4 is 9.47 Å². The van der Waals surface area contributed by atoms with Crippen LogP contribution in [0.2, 0.25) is 0 Å². The van der Waals surface area contributed by atoms with Gasteiger partial charge in [-0.1, -0.05) is 69.0 Å². The van der Waals surface area contributed by atoms with Crippen molar-refractivity contribution in [3.05, 3.63) is 71.3 Å². The van der Waals surface area contributed by atoms with Gasteiger partial charge in [0.1, 0.15) is 0 Å². The third-order valence-corrected chi connectivity index (χ3v) is 8.18. The van der Waals surface area contributed by atoms with Gasteiger partial charge >= 0.3 is 0 Å². The first-order valence-corrected chi connectivity index (χ1v) is 14.1. The van der Waals surface area contributed by atoms with E-state index >= 15 is 0 Å². The summed E-state index contributed by atoms with van der Waals surface area (Å²) in [4.78, 5) is 0. The predicted octanol–water partition coefficient (Wildman–Crippen LogP) is 9.03. The standard InChI is InChI=1S/C32H42F2O2/c1-3-6-23-8-12-25(13-9-23)27-16-18-28(19-17-27)26-14-10-24(11-15-26)7-5-22-36-30-21-20-29(35-4-2)31(33)32(30)34/h10-11,14-16,18,20-21,23,25,27-28H,3-9,12-13,17,19,22H2,1-2H3. The maximum Gasteiger partial charge on any atom is 0.204 e. The Kier molecular flexibility index (Phi) is 9.83. The summed E-state index contributed by atoms with van der Waals surface area (Å²) in [6, 6.07) is 11.7. The number of halogens is 2. The maximum absolute atomic E-state index is 14.1. The number of rotatable bonds is 11. The molecule has 2 nitrogen and oxygen atoms in total. The molecule has 4 rings (SSSR count). The molecule has 1 saturated carbocycles. The molecule has 2 unspecified atom stereocenters. The highest BCUT2D eigenvalue weighted by Crippen LogP contribution is 2.41. The topological polar surface area (TPSA) is 18.5 Å². The summed E-state index contributed by atoms with van der Waals surface area (Å²) in [5.74, 6) is 1.04. The van der Waals surface area contributed by atoms with Gasteiger partial charge in [0.2, 0.25) is 11.6 Å². The molecule has 4 heteroatoms. The Balaban J connectivity index is 1.21. The molecule has 2 aromatic rings. The fourth-order valence-corrected chi connectivity index (χ4v) is 6.11. The number of benzene rings is 2. The highest BCUT2D eigenvalue weighted by Gasteiger charge is 2.28. The van der Waals surface area contributed by atoms with Crippen molar-refractivity contribution in [1.29, 1.82) is 0 Å². The lowest BCUT2D eigenvalue weighted by molar-refractivity contribution is 0.209. The molecule has 0 N–H and O–H groups in total. The molecular weight excluding hydrogens is 454 g/mol. The average molecular weight is 497 g/mol. The van der Waals surface area contributed by atoms with E-state index in [9.17, 15) is 8.78 Å². The van der Waals surface area contributed by atoms with Crippen LogP contribution in [0.5, 0.6) is 11.5 Å². The van der Waals surface area contributed by atoms with Crippen molar-refractivity contribution < 1.29 is 18.3 Å². The molecule has 0 heterocycles. The normalized spacial score (nSPS) is 24.0. The van der Waals surface area contributed by atoms with Crippen molar-refractivity contribution in [3.63, 3.8) is 0 Å². The van der Waals surface area contributed by atoms with Crippen LogP contribution >= 0.6 is 0 Å². The Morgan fingerprint density at radius 3 is 2.08 bits per heavy atom. The highest BCUT2D eigenvalue weighted by atomic mass is 19.2. The number of hydrogen-bond donors (Lipinski definition) is 0. The van der Waals surface area contributed by atoms with Gasteiger partial charge < -0.3 is 9.47 Å². The largest absolute Gasteiger partial charge is 0.491 e. The highest BCUT2D eigenvalue weighted by molar-refractivity contribution is 5.35. The number of allylic oxidation sites excluding steroid dienone is 2. The second-order valence-corrected chi connectivity index (χ2v) is 10.6. The summed E-state index contributed by atoms with van der Waals surface area (Å²) in [6.07, 6.45) is 17.6. The lowest BCUT2D eigenvalue weighted by Crippen LogP contribution is -2.22. The Morgan fingerprint density at radius 2 is 1.47 bits per heavy atom. The van der Waals surface area contributed by atoms with Gasteiger partial charge in [-0.2, -0.15) is 8.78 Å². The van der Waals surface area contributed by atoms with E-state index in [1.54, 1.807) is 6.92 Å². The van der Waals surface area contributed by atoms with Crippen molar-refractivity contribution in [2.75, 3.05) is 13.2 Å². The van der Waals surface area contributed by atoms with E-state index in [2.05, 4.69) is 43.3 Å². The molecule has 2 aliphatic carbocycles. The van der Waals surface area contributed by atoms with Crippen LogP contribution in [0.3, 0.4) is 0 Å². The summed E-state index contributed by atoms with van der Waals surface area (Å²) in [6.45, 7) is 4.66. The molecule has 36 heavy (non-hydrogen) atoms. The molecule has 0 spiro atoms. The third-order valence-electron chi connectivity index (χ3n) is 8.18. The fraction of sp³-hybridized carbons (Fsp3) is 0.562. The zero-order valence-electron chi connectivity index (χ0n) is 22.0. The molecule has 0 aliphatic heterocycles. The second-order valence-electron chi connectivity index (χ2n) is 10.6. The lowest BCUT2D eigenvalue weighted by atomic mass is 9.70. The van der Waals surface area contributed by atoms with Crippen LogP contribution in [0.1, 0.15) is 88.7 Å². The van der Waals surface area contributed by atoms with Gasteiger partial charge in [0.25, 0.3) is 0 Å². The number of ether oxygens (including phenoxy) is 2. The molecule has 0 bridgehead atoms. The molecule has 0 radical (unpaired) electrons. The smallest absolute Gasteiger partial charge is 0.204 e. The zero-order valence-corrected chi connectivity index (χ0v) is 22.0. The minimum Gasteiger partial charge on any atom is -0.491 e. The third kappa shape index (κ3) is 6.89. The van der Waals surface area contributed by atoms with Gasteiger partial charge in [-0.15, -0.1) is 0 Å². The molecule has 1 fully saturated rings. The van der Waals surface area contributed by atoms with E-state index in [0.717, 1.165) is 30.6 Å². The summed E-state index contributed by atoms with van der Waals surface area (Å²) in [5, 5.41) is 0. The van der Waals surface area contributed by atoms with Gasteiger partial charge in [-0.3, -0.25) is 0 Å². The van der Waals surface area contributed by atoms with Crippen molar-refractivity contribution >= 4 is 0 Å². The van der Waals surface area contributed by atoms with Crippen LogP contribution in [0.15, 0.2) is 48.6 Å². The lowest BCUT2D eigenvalue weighted by Gasteiger charge is -2.35. The minimum absolute atomic E-state index is 0.0669. The van der Waals surface area contributed by atoms with E-state index < -0.39 is 11.6 Å². The van der Waals surface area contributed by atoms with E-state index in [0.29, 0.717) is 12.5 Å². The second kappa shape index (κ2) is 13.3. The summed E-state index contributed by atoms with van der Waals surface area (Å²) in [5.41, 5.74) is 2.63. The Hall–Kier alpha value is -2.36. The molecule has 2 aliphatic rings. The molecule has 0 amide bonds. The summed E-state index contributed by atoms with van der Waals surface area (Å²) < 4.78 is 38.7. The van der Waals surface area contributed by atoms with Crippen molar-refractivity contribution in [1.82, 2.24) is 0 Å². The van der Waals surface area contributed by atoms with Crippen LogP contribution in [0, 0.1) is 29.4 Å².